The van der Waals surface area contributed by atoms with Gasteiger partial charge < -0.3 is 9.64 Å². The van der Waals surface area contributed by atoms with Gasteiger partial charge >= 0.3 is 0 Å². The summed E-state index contributed by atoms with van der Waals surface area (Å²) in [6.07, 6.45) is 1.22. The van der Waals surface area contributed by atoms with Crippen LogP contribution < -0.4 is 0 Å². The molecule has 3 rings (SSSR count). The summed E-state index contributed by atoms with van der Waals surface area (Å²) in [5.74, 6) is 0.375. The number of carbonyl (C=O) groups excluding carboxylic acids is 1. The molecule has 0 radical (unpaired) electrons. The molecule has 0 N–H and O–H groups in total. The lowest BCUT2D eigenvalue weighted by atomic mass is 9.72. The predicted molar refractivity (Wildman–Crippen MR) is 111 cm³/mol. The van der Waals surface area contributed by atoms with Crippen LogP contribution in [0, 0.1) is 17.2 Å². The molecule has 0 spiro atoms. The Morgan fingerprint density at radius 1 is 1.18 bits per heavy atom. The van der Waals surface area contributed by atoms with Crippen LogP contribution in [0.5, 0.6) is 0 Å². The maximum absolute atomic E-state index is 13.7. The molecule has 0 bridgehead atoms. The van der Waals surface area contributed by atoms with Crippen molar-refractivity contribution >= 4 is 29.1 Å². The largest absolute Gasteiger partial charge is 0.381 e. The molecule has 7 heteroatoms. The van der Waals surface area contributed by atoms with Crippen molar-refractivity contribution in [2.75, 3.05) is 39.4 Å². The van der Waals surface area contributed by atoms with Gasteiger partial charge in [0.05, 0.1) is 11.5 Å². The summed E-state index contributed by atoms with van der Waals surface area (Å²) in [7, 11) is 0. The second-order valence-electron chi connectivity index (χ2n) is 7.96. The van der Waals surface area contributed by atoms with E-state index in [1.165, 1.54) is 0 Å². The van der Waals surface area contributed by atoms with Crippen molar-refractivity contribution < 1.29 is 9.53 Å². The molecule has 1 atom stereocenters. The third-order valence-electron chi connectivity index (χ3n) is 5.96. The molecule has 0 aromatic heterocycles. The first-order chi connectivity index (χ1) is 13.4. The lowest BCUT2D eigenvalue weighted by Gasteiger charge is -2.44. The fraction of sp³-hybridized carbons (Fsp3) is 0.619. The van der Waals surface area contributed by atoms with Crippen LogP contribution in [0.1, 0.15) is 32.3 Å². The summed E-state index contributed by atoms with van der Waals surface area (Å²) in [5.41, 5.74) is 0.167. The zero-order chi connectivity index (χ0) is 20.3. The third-order valence-corrected chi connectivity index (χ3v) is 6.51. The van der Waals surface area contributed by atoms with Gasteiger partial charge in [-0.1, -0.05) is 43.1 Å². The minimum Gasteiger partial charge on any atom is -0.381 e. The van der Waals surface area contributed by atoms with E-state index in [4.69, 9.17) is 27.9 Å². The highest BCUT2D eigenvalue weighted by atomic mass is 35.5. The van der Waals surface area contributed by atoms with Gasteiger partial charge in [0.2, 0.25) is 5.91 Å². The number of halogens is 2. The highest BCUT2D eigenvalue weighted by Crippen LogP contribution is 2.41. The Labute approximate surface area is 177 Å². The molecule has 2 heterocycles. The Bertz CT molecular complexity index is 749. The monoisotopic (exact) mass is 423 g/mol. The summed E-state index contributed by atoms with van der Waals surface area (Å²) >= 11 is 12.6. The first-order valence-corrected chi connectivity index (χ1v) is 10.6. The summed E-state index contributed by atoms with van der Waals surface area (Å²) in [6, 6.07) is 7.68. The van der Waals surface area contributed by atoms with Crippen LogP contribution in [-0.2, 0) is 14.9 Å². The van der Waals surface area contributed by atoms with Crippen molar-refractivity contribution in [3.63, 3.8) is 0 Å². The predicted octanol–water partition coefficient (Wildman–Crippen LogP) is 3.73. The number of benzene rings is 1. The first kappa shape index (κ1) is 21.4. The van der Waals surface area contributed by atoms with Gasteiger partial charge in [-0.3, -0.25) is 9.69 Å². The zero-order valence-electron chi connectivity index (χ0n) is 16.5. The standard InChI is InChI=1S/C21H27Cl2N3O2/c1-15(2)19(14-24)25-7-9-26(10-8-25)20(27)21(5-11-28-12-6-21)17-4-3-16(22)13-18(17)23/h3-4,13,15,19H,5-12H2,1-2H3. The van der Waals surface area contributed by atoms with Crippen molar-refractivity contribution in [2.45, 2.75) is 38.1 Å². The van der Waals surface area contributed by atoms with Crippen molar-refractivity contribution in [1.29, 1.82) is 5.26 Å². The number of rotatable bonds is 4. The maximum atomic E-state index is 13.7. The van der Waals surface area contributed by atoms with Crippen LogP contribution >= 0.6 is 23.2 Å². The van der Waals surface area contributed by atoms with Crippen molar-refractivity contribution in [3.05, 3.63) is 33.8 Å². The Kier molecular flexibility index (Phi) is 6.88. The molecule has 1 unspecified atom stereocenters. The van der Waals surface area contributed by atoms with E-state index in [2.05, 4.69) is 24.8 Å². The smallest absolute Gasteiger partial charge is 0.233 e. The van der Waals surface area contributed by atoms with Gasteiger partial charge in [-0.2, -0.15) is 5.26 Å². The summed E-state index contributed by atoms with van der Waals surface area (Å²) in [5, 5.41) is 10.6. The number of hydrogen-bond acceptors (Lipinski definition) is 4. The van der Waals surface area contributed by atoms with Crippen molar-refractivity contribution in [1.82, 2.24) is 9.80 Å². The minimum atomic E-state index is -0.672. The first-order valence-electron chi connectivity index (χ1n) is 9.85. The highest BCUT2D eigenvalue weighted by Gasteiger charge is 2.46. The third kappa shape index (κ3) is 4.16. The van der Waals surface area contributed by atoms with E-state index < -0.39 is 5.41 Å². The Hall–Kier alpha value is -1.32. The van der Waals surface area contributed by atoms with Gasteiger partial charge in [0.15, 0.2) is 0 Å². The number of ether oxygens (including phenoxy) is 1. The van der Waals surface area contributed by atoms with E-state index in [-0.39, 0.29) is 17.9 Å². The lowest BCUT2D eigenvalue weighted by Crippen LogP contribution is -2.57. The number of piperazine rings is 1. The molecule has 152 valence electrons. The molecular formula is C21H27Cl2N3O2. The lowest BCUT2D eigenvalue weighted by molar-refractivity contribution is -0.143. The molecule has 2 aliphatic heterocycles. The number of nitrogens with zero attached hydrogens (tertiary/aromatic N) is 3. The molecule has 1 aromatic carbocycles. The van der Waals surface area contributed by atoms with Crippen molar-refractivity contribution in [3.8, 4) is 6.07 Å². The van der Waals surface area contributed by atoms with Crippen LogP contribution in [0.2, 0.25) is 10.0 Å². The van der Waals surface area contributed by atoms with E-state index >= 15 is 0 Å². The molecule has 28 heavy (non-hydrogen) atoms. The normalized spacial score (nSPS) is 21.4. The van der Waals surface area contributed by atoms with Crippen LogP contribution in [0.15, 0.2) is 18.2 Å². The van der Waals surface area contributed by atoms with E-state index in [1.54, 1.807) is 12.1 Å². The van der Waals surface area contributed by atoms with Gasteiger partial charge in [-0.05, 0) is 36.5 Å². The second kappa shape index (κ2) is 9.00. The van der Waals surface area contributed by atoms with Crippen LogP contribution in [0.3, 0.4) is 0 Å². The van der Waals surface area contributed by atoms with Gasteiger partial charge in [0.25, 0.3) is 0 Å². The molecule has 2 fully saturated rings. The van der Waals surface area contributed by atoms with E-state index in [9.17, 15) is 10.1 Å². The maximum Gasteiger partial charge on any atom is 0.233 e. The second-order valence-corrected chi connectivity index (χ2v) is 8.81. The van der Waals surface area contributed by atoms with Gasteiger partial charge in [-0.15, -0.1) is 0 Å². The molecule has 1 amide bonds. The molecule has 0 saturated carbocycles. The minimum absolute atomic E-state index is 0.109. The quantitative estimate of drug-likeness (QED) is 0.739. The molecule has 1 aromatic rings. The van der Waals surface area contributed by atoms with Gasteiger partial charge in [0, 0.05) is 49.4 Å². The van der Waals surface area contributed by atoms with Crippen LogP contribution in [0.4, 0.5) is 0 Å². The average molecular weight is 424 g/mol. The van der Waals surface area contributed by atoms with Gasteiger partial charge in [0.1, 0.15) is 6.04 Å². The number of nitriles is 1. The number of amides is 1. The molecule has 2 saturated heterocycles. The zero-order valence-corrected chi connectivity index (χ0v) is 18.0. The van der Waals surface area contributed by atoms with E-state index in [0.29, 0.717) is 62.3 Å². The van der Waals surface area contributed by atoms with Gasteiger partial charge in [-0.25, -0.2) is 0 Å². The SMILES string of the molecule is CC(C)C(C#N)N1CCN(C(=O)C2(c3ccc(Cl)cc3Cl)CCOCC2)CC1. The molecular weight excluding hydrogens is 397 g/mol. The molecule has 5 nitrogen and oxygen atoms in total. The van der Waals surface area contributed by atoms with E-state index in [1.807, 2.05) is 11.0 Å². The fourth-order valence-corrected chi connectivity index (χ4v) is 4.94. The molecule has 2 aliphatic rings. The Morgan fingerprint density at radius 3 is 2.36 bits per heavy atom. The number of carbonyl (C=O) groups is 1. The fourth-order valence-electron chi connectivity index (χ4n) is 4.35. The summed E-state index contributed by atoms with van der Waals surface area (Å²) in [6.45, 7) is 7.86. The topological polar surface area (TPSA) is 56.6 Å². The van der Waals surface area contributed by atoms with Crippen LogP contribution in [0.25, 0.3) is 0 Å². The van der Waals surface area contributed by atoms with Crippen LogP contribution in [-0.4, -0.2) is 61.1 Å². The Morgan fingerprint density at radius 2 is 1.82 bits per heavy atom. The Balaban J connectivity index is 1.81. The molecule has 0 aliphatic carbocycles. The highest BCUT2D eigenvalue weighted by molar-refractivity contribution is 6.35. The van der Waals surface area contributed by atoms with Crippen molar-refractivity contribution in [2.24, 2.45) is 5.92 Å². The number of hydrogen-bond donors (Lipinski definition) is 0. The summed E-state index contributed by atoms with van der Waals surface area (Å²) < 4.78 is 5.55. The summed E-state index contributed by atoms with van der Waals surface area (Å²) in [4.78, 5) is 17.8. The van der Waals surface area contributed by atoms with E-state index in [0.717, 1.165) is 5.56 Å². The average Bonchev–Trinajstić information content (AvgIpc) is 2.69.